The number of carbonyl (C=O) groups is 1. The molecule has 4 N–H and O–H groups in total. The van der Waals surface area contributed by atoms with Crippen LogP contribution in [-0.2, 0) is 21.4 Å². The number of carbonyl (C=O) groups excluding carboxylic acids is 1. The maximum Gasteiger partial charge on any atom is 0.241 e. The molecule has 2 heterocycles. The molecule has 1 aromatic heterocycles. The van der Waals surface area contributed by atoms with Gasteiger partial charge < -0.3 is 5.73 Å². The van der Waals surface area contributed by atoms with E-state index in [1.165, 1.54) is 17.3 Å². The number of hydrazine groups is 1. The molecule has 0 bridgehead atoms. The Morgan fingerprint density at radius 3 is 2.63 bits per heavy atom. The van der Waals surface area contributed by atoms with E-state index in [1.54, 1.807) is 24.5 Å². The monoisotopic (exact) mass is 390 g/mol. The summed E-state index contributed by atoms with van der Waals surface area (Å²) >= 11 is 0. The van der Waals surface area contributed by atoms with Crippen LogP contribution in [0.4, 0.5) is 0 Å². The minimum atomic E-state index is -3.80. The van der Waals surface area contributed by atoms with E-state index in [4.69, 9.17) is 5.73 Å². The highest BCUT2D eigenvalue weighted by Crippen LogP contribution is 2.22. The number of aromatic nitrogens is 2. The molecule has 0 spiro atoms. The number of aryl methyl sites for hydroxylation is 1. The van der Waals surface area contributed by atoms with E-state index >= 15 is 0 Å². The molecule has 0 fully saturated rings. The van der Waals surface area contributed by atoms with E-state index in [0.29, 0.717) is 6.54 Å². The lowest BCUT2D eigenvalue weighted by Crippen LogP contribution is -2.33. The van der Waals surface area contributed by atoms with Gasteiger partial charge in [0.25, 0.3) is 0 Å². The Labute approximate surface area is 155 Å². The fourth-order valence-electron chi connectivity index (χ4n) is 2.26. The van der Waals surface area contributed by atoms with E-state index in [2.05, 4.69) is 30.5 Å². The molecule has 1 atom stereocenters. The minimum absolute atomic E-state index is 0.0224. The van der Waals surface area contributed by atoms with Crippen molar-refractivity contribution in [2.75, 3.05) is 6.54 Å². The minimum Gasteiger partial charge on any atom is -0.369 e. The Balaban J connectivity index is 1.62. The predicted octanol–water partition coefficient (Wildman–Crippen LogP) is -0.0652. The van der Waals surface area contributed by atoms with Gasteiger partial charge in [0.05, 0.1) is 35.6 Å². The second kappa shape index (κ2) is 7.73. The smallest absolute Gasteiger partial charge is 0.241 e. The third kappa shape index (κ3) is 4.81. The SMILES string of the molecule is Cc1cnc(CN2N=NC(c3ccc(S(=O)(=O)NCC(N)=O)cc3)N2)cn1. The van der Waals surface area contributed by atoms with Crippen LogP contribution in [0.15, 0.2) is 51.9 Å². The zero-order valence-corrected chi connectivity index (χ0v) is 15.2. The molecule has 0 aliphatic carbocycles. The van der Waals surface area contributed by atoms with Crippen molar-refractivity contribution < 1.29 is 13.2 Å². The van der Waals surface area contributed by atoms with Gasteiger partial charge in [-0.15, -0.1) is 5.11 Å². The molecule has 0 saturated carbocycles. The van der Waals surface area contributed by atoms with Crippen molar-refractivity contribution in [1.29, 1.82) is 0 Å². The summed E-state index contributed by atoms with van der Waals surface area (Å²) < 4.78 is 26.2. The van der Waals surface area contributed by atoms with Crippen LogP contribution in [0.1, 0.15) is 23.1 Å². The maximum absolute atomic E-state index is 12.1. The summed E-state index contributed by atoms with van der Waals surface area (Å²) in [6.45, 7) is 1.78. The molecule has 1 aromatic carbocycles. The van der Waals surface area contributed by atoms with Crippen LogP contribution in [0.3, 0.4) is 0 Å². The highest BCUT2D eigenvalue weighted by molar-refractivity contribution is 7.89. The first-order valence-corrected chi connectivity index (χ1v) is 9.42. The summed E-state index contributed by atoms with van der Waals surface area (Å²) in [6.07, 6.45) is 2.89. The van der Waals surface area contributed by atoms with Gasteiger partial charge >= 0.3 is 0 Å². The standard InChI is InChI=1S/C15H18N8O3S/c1-10-6-18-12(7-17-10)9-23-21-15(20-22-23)11-2-4-13(5-3-11)27(25,26)19-8-14(16)24/h2-7,15,19,21H,8-9H2,1H3,(H2,16,24). The van der Waals surface area contributed by atoms with Crippen LogP contribution >= 0.6 is 0 Å². The summed E-state index contributed by atoms with van der Waals surface area (Å²) in [4.78, 5) is 19.2. The molecule has 0 saturated heterocycles. The molecule has 11 nitrogen and oxygen atoms in total. The molecule has 27 heavy (non-hydrogen) atoms. The summed E-state index contributed by atoms with van der Waals surface area (Å²) in [5, 5.41) is 9.68. The molecular weight excluding hydrogens is 372 g/mol. The Kier molecular flexibility index (Phi) is 5.39. The fraction of sp³-hybridized carbons (Fsp3) is 0.267. The zero-order valence-electron chi connectivity index (χ0n) is 14.4. The number of amides is 1. The first-order valence-electron chi connectivity index (χ1n) is 7.93. The number of sulfonamides is 1. The lowest BCUT2D eigenvalue weighted by Gasteiger charge is -2.15. The fourth-order valence-corrected chi connectivity index (χ4v) is 3.25. The van der Waals surface area contributed by atoms with Crippen LogP contribution in [0.5, 0.6) is 0 Å². The Morgan fingerprint density at radius 1 is 1.26 bits per heavy atom. The molecule has 2 aromatic rings. The lowest BCUT2D eigenvalue weighted by molar-refractivity contribution is -0.116. The number of benzene rings is 1. The van der Waals surface area contributed by atoms with Crippen LogP contribution < -0.4 is 15.9 Å². The van der Waals surface area contributed by atoms with Gasteiger partial charge in [0.2, 0.25) is 15.9 Å². The Bertz CT molecular complexity index is 944. The van der Waals surface area contributed by atoms with Gasteiger partial charge in [0.15, 0.2) is 6.17 Å². The highest BCUT2D eigenvalue weighted by atomic mass is 32.2. The summed E-state index contributed by atoms with van der Waals surface area (Å²) in [5.41, 5.74) is 10.3. The second-order valence-electron chi connectivity index (χ2n) is 5.80. The van der Waals surface area contributed by atoms with E-state index < -0.39 is 28.6 Å². The number of primary amides is 1. The maximum atomic E-state index is 12.1. The second-order valence-corrected chi connectivity index (χ2v) is 7.57. The van der Waals surface area contributed by atoms with Crippen LogP contribution in [0.2, 0.25) is 0 Å². The molecule has 3 rings (SSSR count). The van der Waals surface area contributed by atoms with E-state index in [9.17, 15) is 13.2 Å². The van der Waals surface area contributed by atoms with Gasteiger partial charge in [-0.3, -0.25) is 14.8 Å². The van der Waals surface area contributed by atoms with Crippen molar-refractivity contribution in [3.8, 4) is 0 Å². The summed E-state index contributed by atoms with van der Waals surface area (Å²) in [6, 6.07) is 6.07. The van der Waals surface area contributed by atoms with Gasteiger partial charge in [-0.1, -0.05) is 17.4 Å². The van der Waals surface area contributed by atoms with Crippen molar-refractivity contribution in [1.82, 2.24) is 25.2 Å². The number of nitrogens with two attached hydrogens (primary N) is 1. The molecule has 1 aliphatic heterocycles. The predicted molar refractivity (Wildman–Crippen MR) is 93.9 cm³/mol. The van der Waals surface area contributed by atoms with Crippen molar-refractivity contribution >= 4 is 15.9 Å². The molecule has 1 amide bonds. The van der Waals surface area contributed by atoms with Crippen molar-refractivity contribution in [2.24, 2.45) is 16.1 Å². The molecule has 0 radical (unpaired) electrons. The van der Waals surface area contributed by atoms with Crippen LogP contribution in [0.25, 0.3) is 0 Å². The summed E-state index contributed by atoms with van der Waals surface area (Å²) in [7, 11) is -3.80. The quantitative estimate of drug-likeness (QED) is 0.598. The normalized spacial score (nSPS) is 16.6. The first-order chi connectivity index (χ1) is 12.8. The van der Waals surface area contributed by atoms with Crippen molar-refractivity contribution in [3.05, 3.63) is 53.6 Å². The zero-order chi connectivity index (χ0) is 19.4. The third-order valence-electron chi connectivity index (χ3n) is 3.64. The largest absolute Gasteiger partial charge is 0.369 e. The van der Waals surface area contributed by atoms with Crippen molar-refractivity contribution in [3.63, 3.8) is 0 Å². The number of nitrogens with zero attached hydrogens (tertiary/aromatic N) is 5. The average molecular weight is 390 g/mol. The number of hydrogen-bond donors (Lipinski definition) is 3. The van der Waals surface area contributed by atoms with E-state index in [1.807, 2.05) is 6.92 Å². The van der Waals surface area contributed by atoms with E-state index in [0.717, 1.165) is 17.0 Å². The average Bonchev–Trinajstić information content (AvgIpc) is 3.11. The molecule has 1 aliphatic rings. The number of rotatable bonds is 7. The van der Waals surface area contributed by atoms with Gasteiger partial charge in [-0.05, 0) is 24.6 Å². The van der Waals surface area contributed by atoms with Crippen molar-refractivity contribution in [2.45, 2.75) is 24.5 Å². The van der Waals surface area contributed by atoms with Crippen LogP contribution in [0, 0.1) is 6.92 Å². The summed E-state index contributed by atoms with van der Waals surface area (Å²) in [5.74, 6) is -0.760. The first kappa shape index (κ1) is 18.8. The van der Waals surface area contributed by atoms with Gasteiger partial charge in [-0.25, -0.2) is 18.3 Å². The van der Waals surface area contributed by atoms with Gasteiger partial charge in [-0.2, -0.15) is 5.43 Å². The topological polar surface area (TPSA) is 155 Å². The third-order valence-corrected chi connectivity index (χ3v) is 5.05. The van der Waals surface area contributed by atoms with Crippen LogP contribution in [-0.4, -0.2) is 36.0 Å². The Morgan fingerprint density at radius 2 is 2.00 bits per heavy atom. The molecule has 12 heteroatoms. The highest BCUT2D eigenvalue weighted by Gasteiger charge is 2.22. The Hall–Kier alpha value is -2.96. The van der Waals surface area contributed by atoms with Gasteiger partial charge in [0, 0.05) is 6.20 Å². The number of hydrogen-bond acceptors (Lipinski definition) is 9. The van der Waals surface area contributed by atoms with Gasteiger partial charge in [0.1, 0.15) is 0 Å². The molecular formula is C15H18N8O3S. The molecule has 1 unspecified atom stereocenters. The molecule has 142 valence electrons. The number of nitrogens with one attached hydrogen (secondary N) is 2. The lowest BCUT2D eigenvalue weighted by atomic mass is 10.2. The van der Waals surface area contributed by atoms with E-state index in [-0.39, 0.29) is 4.90 Å².